The zero-order valence-corrected chi connectivity index (χ0v) is 13.3. The van der Waals surface area contributed by atoms with Gasteiger partial charge in [-0.15, -0.1) is 0 Å². The van der Waals surface area contributed by atoms with Crippen LogP contribution in [0.25, 0.3) is 10.9 Å². The Labute approximate surface area is 133 Å². The fourth-order valence-electron chi connectivity index (χ4n) is 2.14. The van der Waals surface area contributed by atoms with Gasteiger partial charge in [0, 0.05) is 16.6 Å². The highest BCUT2D eigenvalue weighted by Gasteiger charge is 2.16. The lowest BCUT2D eigenvalue weighted by Gasteiger charge is -2.11. The summed E-state index contributed by atoms with van der Waals surface area (Å²) < 4.78 is 27.6. The van der Waals surface area contributed by atoms with Crippen molar-refractivity contribution in [3.8, 4) is 0 Å². The molecule has 0 saturated heterocycles. The Kier molecular flexibility index (Phi) is 3.76. The smallest absolute Gasteiger partial charge is 0.261 e. The van der Waals surface area contributed by atoms with Crippen LogP contribution < -0.4 is 4.72 Å². The highest BCUT2D eigenvalue weighted by atomic mass is 35.5. The van der Waals surface area contributed by atoms with E-state index in [4.69, 9.17) is 11.6 Å². The molecule has 0 fully saturated rings. The van der Waals surface area contributed by atoms with E-state index < -0.39 is 10.0 Å². The second-order valence-corrected chi connectivity index (χ2v) is 6.98. The molecule has 6 heteroatoms. The predicted octanol–water partition coefficient (Wildman–Crippen LogP) is 4.00. The first-order valence-corrected chi connectivity index (χ1v) is 8.46. The number of hydrogen-bond donors (Lipinski definition) is 1. The summed E-state index contributed by atoms with van der Waals surface area (Å²) >= 11 is 6.02. The van der Waals surface area contributed by atoms with Gasteiger partial charge in [-0.2, -0.15) is 0 Å². The van der Waals surface area contributed by atoms with Crippen LogP contribution in [0.3, 0.4) is 0 Å². The molecule has 1 heterocycles. The van der Waals surface area contributed by atoms with Crippen molar-refractivity contribution in [3.63, 3.8) is 0 Å². The summed E-state index contributed by atoms with van der Waals surface area (Å²) in [6.45, 7) is 1.82. The Morgan fingerprint density at radius 3 is 2.68 bits per heavy atom. The van der Waals surface area contributed by atoms with Crippen LogP contribution in [0.5, 0.6) is 0 Å². The Balaban J connectivity index is 2.05. The third-order valence-electron chi connectivity index (χ3n) is 3.34. The Hall–Kier alpha value is -2.11. The fourth-order valence-corrected chi connectivity index (χ4v) is 3.49. The van der Waals surface area contributed by atoms with Gasteiger partial charge in [0.05, 0.1) is 16.1 Å². The van der Waals surface area contributed by atoms with Gasteiger partial charge in [0.1, 0.15) is 0 Å². The van der Waals surface area contributed by atoms with Gasteiger partial charge in [0.25, 0.3) is 10.0 Å². The molecule has 0 saturated carbocycles. The number of anilines is 1. The van der Waals surface area contributed by atoms with Crippen molar-refractivity contribution in [2.24, 2.45) is 0 Å². The first-order chi connectivity index (χ1) is 10.5. The first-order valence-electron chi connectivity index (χ1n) is 6.60. The van der Waals surface area contributed by atoms with E-state index in [0.717, 1.165) is 16.5 Å². The number of nitrogens with zero attached hydrogens (tertiary/aromatic N) is 1. The summed E-state index contributed by atoms with van der Waals surface area (Å²) in [5, 5.41) is 1.16. The number of halogens is 1. The van der Waals surface area contributed by atoms with Crippen LogP contribution >= 0.6 is 11.6 Å². The number of pyridine rings is 1. The van der Waals surface area contributed by atoms with Crippen LogP contribution in [0.15, 0.2) is 59.6 Å². The lowest BCUT2D eigenvalue weighted by atomic mass is 10.2. The van der Waals surface area contributed by atoms with Gasteiger partial charge in [-0.1, -0.05) is 23.7 Å². The highest BCUT2D eigenvalue weighted by Crippen LogP contribution is 2.26. The third-order valence-corrected chi connectivity index (χ3v) is 5.11. The molecule has 0 unspecified atom stereocenters. The van der Waals surface area contributed by atoms with Gasteiger partial charge in [0.15, 0.2) is 0 Å². The molecule has 3 aromatic rings. The summed E-state index contributed by atoms with van der Waals surface area (Å²) in [6, 6.07) is 13.5. The molecule has 0 atom stereocenters. The molecule has 0 spiro atoms. The van der Waals surface area contributed by atoms with E-state index in [-0.39, 0.29) is 4.90 Å². The number of nitrogens with one attached hydrogen (secondary N) is 1. The van der Waals surface area contributed by atoms with Crippen molar-refractivity contribution in [2.75, 3.05) is 4.72 Å². The average Bonchev–Trinajstić information content (AvgIpc) is 2.50. The second kappa shape index (κ2) is 5.59. The zero-order chi connectivity index (χ0) is 15.7. The molecule has 0 aliphatic rings. The van der Waals surface area contributed by atoms with Gasteiger partial charge < -0.3 is 0 Å². The molecule has 1 N–H and O–H groups in total. The molecule has 1 aromatic heterocycles. The largest absolute Gasteiger partial charge is 0.279 e. The highest BCUT2D eigenvalue weighted by molar-refractivity contribution is 7.92. The summed E-state index contributed by atoms with van der Waals surface area (Å²) in [5.74, 6) is 0. The van der Waals surface area contributed by atoms with E-state index in [2.05, 4.69) is 9.71 Å². The van der Waals surface area contributed by atoms with E-state index in [0.29, 0.717) is 10.7 Å². The number of hydrogen-bond acceptors (Lipinski definition) is 3. The molecule has 4 nitrogen and oxygen atoms in total. The maximum atomic E-state index is 12.5. The number of sulfonamides is 1. The standard InChI is InChI=1S/C16H13ClN2O2S/c1-11-7-8-12(10-14(11)17)22(20,21)19-16-6-2-5-15-13(16)4-3-9-18-15/h2-10,19H,1H3. The maximum Gasteiger partial charge on any atom is 0.261 e. The van der Waals surface area contributed by atoms with E-state index >= 15 is 0 Å². The monoisotopic (exact) mass is 332 g/mol. The molecule has 0 aliphatic carbocycles. The average molecular weight is 333 g/mol. The summed E-state index contributed by atoms with van der Waals surface area (Å²) in [7, 11) is -3.71. The third kappa shape index (κ3) is 2.77. The lowest BCUT2D eigenvalue weighted by Crippen LogP contribution is -2.13. The minimum atomic E-state index is -3.71. The zero-order valence-electron chi connectivity index (χ0n) is 11.7. The van der Waals surface area contributed by atoms with Crippen molar-refractivity contribution in [3.05, 3.63) is 65.3 Å². The number of rotatable bonds is 3. The molecular weight excluding hydrogens is 320 g/mol. The number of benzene rings is 2. The van der Waals surface area contributed by atoms with E-state index in [9.17, 15) is 8.42 Å². The molecule has 0 amide bonds. The van der Waals surface area contributed by atoms with E-state index in [1.54, 1.807) is 30.5 Å². The number of aromatic nitrogens is 1. The number of fused-ring (bicyclic) bond motifs is 1. The first kappa shape index (κ1) is 14.8. The summed E-state index contributed by atoms with van der Waals surface area (Å²) in [5.41, 5.74) is 2.04. The number of aryl methyl sites for hydroxylation is 1. The normalized spacial score (nSPS) is 11.5. The SMILES string of the molecule is Cc1ccc(S(=O)(=O)Nc2cccc3ncccc23)cc1Cl. The lowest BCUT2D eigenvalue weighted by molar-refractivity contribution is 0.601. The molecule has 0 radical (unpaired) electrons. The van der Waals surface area contributed by atoms with Crippen molar-refractivity contribution >= 4 is 38.2 Å². The molecule has 3 rings (SSSR count). The maximum absolute atomic E-state index is 12.5. The summed E-state index contributed by atoms with van der Waals surface area (Å²) in [6.07, 6.45) is 1.67. The predicted molar refractivity (Wildman–Crippen MR) is 88.7 cm³/mol. The molecule has 22 heavy (non-hydrogen) atoms. The molecule has 0 aliphatic heterocycles. The van der Waals surface area contributed by atoms with Crippen LogP contribution in [-0.2, 0) is 10.0 Å². The molecule has 2 aromatic carbocycles. The summed E-state index contributed by atoms with van der Waals surface area (Å²) in [4.78, 5) is 4.34. The van der Waals surface area contributed by atoms with Gasteiger partial charge in [-0.3, -0.25) is 9.71 Å². The van der Waals surface area contributed by atoms with Gasteiger partial charge in [-0.25, -0.2) is 8.42 Å². The van der Waals surface area contributed by atoms with Crippen molar-refractivity contribution in [2.45, 2.75) is 11.8 Å². The van der Waals surface area contributed by atoms with Gasteiger partial charge in [0.2, 0.25) is 0 Å². The van der Waals surface area contributed by atoms with Crippen molar-refractivity contribution < 1.29 is 8.42 Å². The minimum Gasteiger partial charge on any atom is -0.279 e. The second-order valence-electron chi connectivity index (χ2n) is 4.89. The molecule has 0 bridgehead atoms. The van der Waals surface area contributed by atoms with Crippen LogP contribution in [0.1, 0.15) is 5.56 Å². The molecule has 112 valence electrons. The van der Waals surface area contributed by atoms with Crippen LogP contribution in [-0.4, -0.2) is 13.4 Å². The minimum absolute atomic E-state index is 0.129. The van der Waals surface area contributed by atoms with E-state index in [1.807, 2.05) is 19.1 Å². The topological polar surface area (TPSA) is 59.1 Å². The van der Waals surface area contributed by atoms with Crippen molar-refractivity contribution in [1.29, 1.82) is 0 Å². The van der Waals surface area contributed by atoms with Crippen LogP contribution in [0, 0.1) is 6.92 Å². The Morgan fingerprint density at radius 2 is 1.91 bits per heavy atom. The van der Waals surface area contributed by atoms with Crippen molar-refractivity contribution in [1.82, 2.24) is 4.98 Å². The van der Waals surface area contributed by atoms with Gasteiger partial charge >= 0.3 is 0 Å². The Morgan fingerprint density at radius 1 is 1.09 bits per heavy atom. The van der Waals surface area contributed by atoms with Crippen LogP contribution in [0.4, 0.5) is 5.69 Å². The van der Waals surface area contributed by atoms with E-state index in [1.165, 1.54) is 12.1 Å². The molecular formula is C16H13ClN2O2S. The van der Waals surface area contributed by atoms with Crippen LogP contribution in [0.2, 0.25) is 5.02 Å². The van der Waals surface area contributed by atoms with Gasteiger partial charge in [-0.05, 0) is 48.9 Å². The quantitative estimate of drug-likeness (QED) is 0.788. The fraction of sp³-hybridized carbons (Fsp3) is 0.0625. The Bertz CT molecular complexity index is 950.